The van der Waals surface area contributed by atoms with E-state index in [0.717, 1.165) is 54.3 Å². The van der Waals surface area contributed by atoms with Gasteiger partial charge in [0.15, 0.2) is 0 Å². The Labute approximate surface area is 192 Å². The van der Waals surface area contributed by atoms with Gasteiger partial charge in [-0.3, -0.25) is 14.2 Å². The summed E-state index contributed by atoms with van der Waals surface area (Å²) in [6, 6.07) is 5.19. The van der Waals surface area contributed by atoms with Crippen LogP contribution < -0.4 is 5.32 Å². The highest BCUT2D eigenvalue weighted by Gasteiger charge is 2.23. The lowest BCUT2D eigenvalue weighted by atomic mass is 10.1. The number of hydrogen-bond donors (Lipinski definition) is 2. The molecule has 180 valence electrons. The minimum absolute atomic E-state index is 0.139. The lowest BCUT2D eigenvalue weighted by Crippen LogP contribution is -2.21. The number of aryl methyl sites for hydroxylation is 1. The van der Waals surface area contributed by atoms with E-state index in [9.17, 15) is 13.5 Å². The molecular formula is C21H29N5O6S. The lowest BCUT2D eigenvalue weighted by Gasteiger charge is -2.11. The Morgan fingerprint density at radius 3 is 2.88 bits per heavy atom. The molecule has 3 aromatic rings. The van der Waals surface area contributed by atoms with Crippen molar-refractivity contribution in [3.8, 4) is 17.0 Å². The predicted octanol–water partition coefficient (Wildman–Crippen LogP) is 1.84. The number of phenols is 1. The molecule has 0 saturated carbocycles. The Bertz CT molecular complexity index is 1170. The van der Waals surface area contributed by atoms with Gasteiger partial charge >= 0.3 is 0 Å². The molecule has 4 rings (SSSR count). The molecule has 0 aliphatic carbocycles. The molecule has 0 radical (unpaired) electrons. The highest BCUT2D eigenvalue weighted by molar-refractivity contribution is 7.85. The van der Waals surface area contributed by atoms with Crippen molar-refractivity contribution >= 4 is 21.0 Å². The molecule has 0 bridgehead atoms. The van der Waals surface area contributed by atoms with Gasteiger partial charge in [0, 0.05) is 43.4 Å². The maximum Gasteiger partial charge on any atom is 0.264 e. The van der Waals surface area contributed by atoms with Crippen molar-refractivity contribution in [3.05, 3.63) is 30.6 Å². The third-order valence-corrected chi connectivity index (χ3v) is 5.77. The molecule has 1 saturated heterocycles. The quantitative estimate of drug-likeness (QED) is 0.295. The maximum atomic E-state index is 10.9. The van der Waals surface area contributed by atoms with Crippen LogP contribution in [0.1, 0.15) is 25.6 Å². The fourth-order valence-electron chi connectivity index (χ4n) is 3.65. The van der Waals surface area contributed by atoms with Gasteiger partial charge < -0.3 is 14.6 Å². The van der Waals surface area contributed by atoms with Crippen molar-refractivity contribution in [1.82, 2.24) is 24.9 Å². The second-order valence-corrected chi connectivity index (χ2v) is 9.51. The van der Waals surface area contributed by atoms with Crippen LogP contribution in [0.2, 0.25) is 0 Å². The van der Waals surface area contributed by atoms with Crippen LogP contribution in [0.4, 0.5) is 0 Å². The fraction of sp³-hybridized carbons (Fsp3) is 0.524. The largest absolute Gasteiger partial charge is 0.508 e. The summed E-state index contributed by atoms with van der Waals surface area (Å²) in [6.07, 6.45) is 6.70. The smallest absolute Gasteiger partial charge is 0.264 e. The zero-order valence-electron chi connectivity index (χ0n) is 18.5. The SMILES string of the molecule is CS(=O)(=O)OCCCOCCCCn1cc(-c2nn(C3NCCO3)c3ccc(O)cc23)cn1. The average molecular weight is 480 g/mol. The molecule has 1 aliphatic heterocycles. The summed E-state index contributed by atoms with van der Waals surface area (Å²) in [6.45, 7) is 3.31. The van der Waals surface area contributed by atoms with Crippen molar-refractivity contribution in [2.75, 3.05) is 39.2 Å². The van der Waals surface area contributed by atoms with Crippen LogP contribution in [-0.4, -0.2) is 72.3 Å². The highest BCUT2D eigenvalue weighted by Crippen LogP contribution is 2.32. The summed E-state index contributed by atoms with van der Waals surface area (Å²) < 4.78 is 41.3. The Morgan fingerprint density at radius 2 is 2.09 bits per heavy atom. The topological polar surface area (TPSA) is 130 Å². The number of nitrogens with one attached hydrogen (secondary N) is 1. The van der Waals surface area contributed by atoms with Crippen LogP contribution in [0.25, 0.3) is 22.2 Å². The minimum Gasteiger partial charge on any atom is -0.508 e. The summed E-state index contributed by atoms with van der Waals surface area (Å²) in [5.41, 5.74) is 2.47. The molecular weight excluding hydrogens is 450 g/mol. The van der Waals surface area contributed by atoms with E-state index in [1.807, 2.05) is 16.9 Å². The van der Waals surface area contributed by atoms with Crippen molar-refractivity contribution in [2.45, 2.75) is 32.2 Å². The lowest BCUT2D eigenvalue weighted by molar-refractivity contribution is 0.0382. The number of rotatable bonds is 12. The summed E-state index contributed by atoms with van der Waals surface area (Å²) in [4.78, 5) is 0. The van der Waals surface area contributed by atoms with Crippen molar-refractivity contribution in [1.29, 1.82) is 0 Å². The summed E-state index contributed by atoms with van der Waals surface area (Å²) in [5, 5.41) is 23.3. The highest BCUT2D eigenvalue weighted by atomic mass is 32.2. The maximum absolute atomic E-state index is 10.9. The number of aromatic hydroxyl groups is 1. The van der Waals surface area contributed by atoms with Crippen LogP contribution in [0, 0.1) is 0 Å². The van der Waals surface area contributed by atoms with Gasteiger partial charge in [-0.2, -0.15) is 18.6 Å². The molecule has 2 N–H and O–H groups in total. The third-order valence-electron chi connectivity index (χ3n) is 5.17. The fourth-order valence-corrected chi connectivity index (χ4v) is 4.07. The second kappa shape index (κ2) is 10.6. The van der Waals surface area contributed by atoms with Crippen molar-refractivity contribution in [3.63, 3.8) is 0 Å². The van der Waals surface area contributed by atoms with Gasteiger partial charge in [-0.15, -0.1) is 0 Å². The van der Waals surface area contributed by atoms with Crippen LogP contribution in [0.5, 0.6) is 5.75 Å². The first-order valence-electron chi connectivity index (χ1n) is 10.9. The Balaban J connectivity index is 1.30. The standard InChI is InChI=1S/C21H29N5O6S/c1-33(28,29)32-11-4-10-30-9-3-2-8-25-15-16(14-23-25)20-18-13-17(27)5-6-19(18)26(24-20)21-22-7-12-31-21/h5-6,13-15,21-22,27H,2-4,7-12H2,1H3. The van der Waals surface area contributed by atoms with Gasteiger partial charge in [0.2, 0.25) is 6.35 Å². The van der Waals surface area contributed by atoms with E-state index in [0.29, 0.717) is 26.2 Å². The number of benzene rings is 1. The van der Waals surface area contributed by atoms with Crippen molar-refractivity contribution < 1.29 is 27.2 Å². The monoisotopic (exact) mass is 479 g/mol. The molecule has 11 nitrogen and oxygen atoms in total. The molecule has 1 aromatic carbocycles. The van der Waals surface area contributed by atoms with Gasteiger partial charge in [-0.1, -0.05) is 0 Å². The number of fused-ring (bicyclic) bond motifs is 1. The normalized spacial score (nSPS) is 16.7. The molecule has 0 amide bonds. The van der Waals surface area contributed by atoms with Gasteiger partial charge in [-0.25, -0.2) is 4.68 Å². The first-order valence-corrected chi connectivity index (χ1v) is 12.7. The summed E-state index contributed by atoms with van der Waals surface area (Å²) in [5.74, 6) is 0.180. The molecule has 2 aromatic heterocycles. The number of hydrogen-bond acceptors (Lipinski definition) is 9. The Hall–Kier alpha value is -2.51. The van der Waals surface area contributed by atoms with Gasteiger partial charge in [-0.05, 0) is 37.5 Å². The van der Waals surface area contributed by atoms with E-state index in [4.69, 9.17) is 14.6 Å². The van der Waals surface area contributed by atoms with Gasteiger partial charge in [0.25, 0.3) is 10.1 Å². The van der Waals surface area contributed by atoms with Gasteiger partial charge in [0.05, 0.1) is 31.2 Å². The van der Waals surface area contributed by atoms with Crippen LogP contribution in [-0.2, 0) is 30.3 Å². The van der Waals surface area contributed by atoms with Crippen LogP contribution in [0.15, 0.2) is 30.6 Å². The van der Waals surface area contributed by atoms with E-state index >= 15 is 0 Å². The number of ether oxygens (including phenoxy) is 2. The van der Waals surface area contributed by atoms with Crippen molar-refractivity contribution in [2.24, 2.45) is 0 Å². The number of aromatic nitrogens is 4. The summed E-state index contributed by atoms with van der Waals surface area (Å²) >= 11 is 0. The Morgan fingerprint density at radius 1 is 1.24 bits per heavy atom. The van der Waals surface area contributed by atoms with E-state index in [1.54, 1.807) is 23.0 Å². The Kier molecular flexibility index (Phi) is 7.60. The molecule has 33 heavy (non-hydrogen) atoms. The first kappa shape index (κ1) is 23.6. The van der Waals surface area contributed by atoms with E-state index in [2.05, 4.69) is 14.6 Å². The number of unbranched alkanes of at least 4 members (excludes halogenated alkanes) is 1. The molecule has 1 aliphatic rings. The zero-order valence-corrected chi connectivity index (χ0v) is 19.3. The first-order chi connectivity index (χ1) is 15.9. The van der Waals surface area contributed by atoms with Crippen LogP contribution in [0.3, 0.4) is 0 Å². The minimum atomic E-state index is -3.38. The third kappa shape index (κ3) is 6.30. The molecule has 1 atom stereocenters. The van der Waals surface area contributed by atoms with E-state index < -0.39 is 10.1 Å². The zero-order chi connectivity index (χ0) is 23.3. The predicted molar refractivity (Wildman–Crippen MR) is 121 cm³/mol. The van der Waals surface area contributed by atoms with Gasteiger partial charge in [0.1, 0.15) is 11.4 Å². The molecule has 3 heterocycles. The van der Waals surface area contributed by atoms with E-state index in [-0.39, 0.29) is 18.7 Å². The second-order valence-electron chi connectivity index (χ2n) is 7.86. The number of phenolic OH excluding ortho intramolecular Hbond substituents is 1. The van der Waals surface area contributed by atoms with Crippen LogP contribution >= 0.6 is 0 Å². The summed E-state index contributed by atoms with van der Waals surface area (Å²) in [7, 11) is -3.38. The molecule has 1 fully saturated rings. The molecule has 1 unspecified atom stereocenters. The number of nitrogens with zero attached hydrogens (tertiary/aromatic N) is 4. The van der Waals surface area contributed by atoms with E-state index in [1.165, 1.54) is 0 Å². The molecule has 0 spiro atoms. The average Bonchev–Trinajstić information content (AvgIpc) is 3.51. The molecule has 12 heteroatoms.